The van der Waals surface area contributed by atoms with Crippen molar-refractivity contribution in [2.24, 2.45) is 0 Å². The summed E-state index contributed by atoms with van der Waals surface area (Å²) in [7, 11) is 0. The Labute approximate surface area is 114 Å². The Bertz CT molecular complexity index is 642. The normalized spacial score (nSPS) is 12.7. The van der Waals surface area contributed by atoms with Gasteiger partial charge in [0.25, 0.3) is 0 Å². The molecule has 2 nitrogen and oxygen atoms in total. The fourth-order valence-corrected chi connectivity index (χ4v) is 2.04. The predicted molar refractivity (Wildman–Crippen MR) is 69.8 cm³/mol. The highest BCUT2D eigenvalue weighted by atomic mass is 19.4. The molecular weight excluding hydrogens is 265 g/mol. The van der Waals surface area contributed by atoms with Crippen molar-refractivity contribution in [2.45, 2.75) is 12.1 Å². The van der Waals surface area contributed by atoms with Gasteiger partial charge in [-0.05, 0) is 23.3 Å². The van der Waals surface area contributed by atoms with E-state index >= 15 is 0 Å². The van der Waals surface area contributed by atoms with E-state index in [0.29, 0.717) is 5.56 Å². The average Bonchev–Trinajstić information content (AvgIpc) is 2.41. The lowest BCUT2D eigenvalue weighted by atomic mass is 9.89. The number of nitrogens with two attached hydrogens (primary N) is 1. The molecule has 2 aromatic rings. The first-order chi connectivity index (χ1) is 9.43. The standard InChI is InChI=1S/C15H11F3N2/c16-15(17,18)14-8-11(20)6-7-12(14)13(9-19)10-4-2-1-3-5-10/h1-8,13H,20H2. The first kappa shape index (κ1) is 13.9. The van der Waals surface area contributed by atoms with Gasteiger partial charge in [0.05, 0.1) is 17.6 Å². The molecule has 0 radical (unpaired) electrons. The van der Waals surface area contributed by atoms with Crippen molar-refractivity contribution >= 4 is 5.69 Å². The maximum atomic E-state index is 13.1. The van der Waals surface area contributed by atoms with Crippen LogP contribution in [-0.2, 0) is 6.18 Å². The van der Waals surface area contributed by atoms with Crippen LogP contribution in [0.5, 0.6) is 0 Å². The molecule has 102 valence electrons. The molecule has 2 rings (SSSR count). The highest BCUT2D eigenvalue weighted by molar-refractivity contribution is 5.51. The van der Waals surface area contributed by atoms with Gasteiger partial charge in [0, 0.05) is 5.69 Å². The number of alkyl halides is 3. The first-order valence-electron chi connectivity index (χ1n) is 5.84. The maximum Gasteiger partial charge on any atom is 0.416 e. The average molecular weight is 276 g/mol. The highest BCUT2D eigenvalue weighted by Gasteiger charge is 2.35. The van der Waals surface area contributed by atoms with Gasteiger partial charge in [-0.3, -0.25) is 0 Å². The van der Waals surface area contributed by atoms with E-state index < -0.39 is 17.7 Å². The third-order valence-corrected chi connectivity index (χ3v) is 2.96. The van der Waals surface area contributed by atoms with Crippen LogP contribution in [0.1, 0.15) is 22.6 Å². The quantitative estimate of drug-likeness (QED) is 0.844. The van der Waals surface area contributed by atoms with E-state index in [4.69, 9.17) is 5.73 Å². The number of benzene rings is 2. The number of nitriles is 1. The summed E-state index contributed by atoms with van der Waals surface area (Å²) in [4.78, 5) is 0. The molecule has 0 fully saturated rings. The summed E-state index contributed by atoms with van der Waals surface area (Å²) in [5.74, 6) is -0.978. The highest BCUT2D eigenvalue weighted by Crippen LogP contribution is 2.38. The number of halogens is 3. The molecule has 20 heavy (non-hydrogen) atoms. The molecule has 0 spiro atoms. The monoisotopic (exact) mass is 276 g/mol. The van der Waals surface area contributed by atoms with Crippen LogP contribution in [0.2, 0.25) is 0 Å². The van der Waals surface area contributed by atoms with Gasteiger partial charge in [0.2, 0.25) is 0 Å². The number of hydrogen-bond donors (Lipinski definition) is 1. The molecule has 0 saturated heterocycles. The third kappa shape index (κ3) is 2.75. The van der Waals surface area contributed by atoms with Gasteiger partial charge in [-0.1, -0.05) is 36.4 Å². The van der Waals surface area contributed by atoms with Crippen LogP contribution >= 0.6 is 0 Å². The first-order valence-corrected chi connectivity index (χ1v) is 5.84. The molecule has 2 N–H and O–H groups in total. The molecule has 0 heterocycles. The summed E-state index contributed by atoms with van der Waals surface area (Å²) in [6.07, 6.45) is -4.55. The zero-order valence-corrected chi connectivity index (χ0v) is 10.4. The van der Waals surface area contributed by atoms with E-state index in [9.17, 15) is 18.4 Å². The van der Waals surface area contributed by atoms with Crippen LogP contribution in [0.15, 0.2) is 48.5 Å². The lowest BCUT2D eigenvalue weighted by Crippen LogP contribution is -2.13. The Hall–Kier alpha value is -2.48. The Morgan fingerprint density at radius 2 is 1.70 bits per heavy atom. The van der Waals surface area contributed by atoms with Gasteiger partial charge in [-0.15, -0.1) is 0 Å². The van der Waals surface area contributed by atoms with E-state index in [-0.39, 0.29) is 11.3 Å². The molecule has 0 aliphatic heterocycles. The molecule has 0 aliphatic carbocycles. The minimum Gasteiger partial charge on any atom is -0.399 e. The Kier molecular flexibility index (Phi) is 3.66. The second-order valence-electron chi connectivity index (χ2n) is 4.32. The summed E-state index contributed by atoms with van der Waals surface area (Å²) in [6, 6.07) is 13.8. The second kappa shape index (κ2) is 5.25. The minimum absolute atomic E-state index is 0.0193. The number of rotatable bonds is 2. The van der Waals surface area contributed by atoms with Crippen molar-refractivity contribution in [3.63, 3.8) is 0 Å². The molecule has 0 aliphatic rings. The lowest BCUT2D eigenvalue weighted by molar-refractivity contribution is -0.138. The fourth-order valence-electron chi connectivity index (χ4n) is 2.04. The fraction of sp³-hybridized carbons (Fsp3) is 0.133. The smallest absolute Gasteiger partial charge is 0.399 e. The van der Waals surface area contributed by atoms with Crippen LogP contribution in [-0.4, -0.2) is 0 Å². The molecule has 1 unspecified atom stereocenters. The van der Waals surface area contributed by atoms with Gasteiger partial charge in [0.15, 0.2) is 0 Å². The minimum atomic E-state index is -4.55. The summed E-state index contributed by atoms with van der Waals surface area (Å²) < 4.78 is 39.2. The number of nitrogen functional groups attached to an aromatic ring is 1. The number of anilines is 1. The van der Waals surface area contributed by atoms with Gasteiger partial charge < -0.3 is 5.73 Å². The zero-order valence-electron chi connectivity index (χ0n) is 10.4. The van der Waals surface area contributed by atoms with Crippen molar-refractivity contribution in [1.82, 2.24) is 0 Å². The summed E-state index contributed by atoms with van der Waals surface area (Å²) in [5, 5.41) is 9.24. The molecule has 0 saturated carbocycles. The van der Waals surface area contributed by atoms with E-state index in [0.717, 1.165) is 6.07 Å². The van der Waals surface area contributed by atoms with Crippen LogP contribution in [0, 0.1) is 11.3 Å². The Morgan fingerprint density at radius 3 is 2.25 bits per heavy atom. The summed E-state index contributed by atoms with van der Waals surface area (Å²) >= 11 is 0. The maximum absolute atomic E-state index is 13.1. The molecule has 0 bridgehead atoms. The van der Waals surface area contributed by atoms with E-state index in [1.54, 1.807) is 30.3 Å². The molecule has 0 aromatic heterocycles. The topological polar surface area (TPSA) is 49.8 Å². The van der Waals surface area contributed by atoms with Crippen molar-refractivity contribution in [2.75, 3.05) is 5.73 Å². The van der Waals surface area contributed by atoms with Crippen molar-refractivity contribution < 1.29 is 13.2 Å². The molecular formula is C15H11F3N2. The molecule has 0 amide bonds. The summed E-state index contributed by atoms with van der Waals surface area (Å²) in [6.45, 7) is 0. The van der Waals surface area contributed by atoms with Crippen LogP contribution in [0.4, 0.5) is 18.9 Å². The Morgan fingerprint density at radius 1 is 1.05 bits per heavy atom. The summed E-state index contributed by atoms with van der Waals surface area (Å²) in [5.41, 5.74) is 5.01. The van der Waals surface area contributed by atoms with Crippen molar-refractivity contribution in [3.05, 3.63) is 65.2 Å². The molecule has 5 heteroatoms. The zero-order chi connectivity index (χ0) is 14.8. The van der Waals surface area contributed by atoms with Crippen LogP contribution < -0.4 is 5.73 Å². The van der Waals surface area contributed by atoms with Crippen LogP contribution in [0.25, 0.3) is 0 Å². The van der Waals surface area contributed by atoms with Gasteiger partial charge in [0.1, 0.15) is 0 Å². The lowest BCUT2D eigenvalue weighted by Gasteiger charge is -2.17. The largest absolute Gasteiger partial charge is 0.416 e. The SMILES string of the molecule is N#CC(c1ccccc1)c1ccc(N)cc1C(F)(F)F. The Balaban J connectivity index is 2.60. The van der Waals surface area contributed by atoms with Gasteiger partial charge in [-0.25, -0.2) is 0 Å². The van der Waals surface area contributed by atoms with Crippen molar-refractivity contribution in [3.8, 4) is 6.07 Å². The van der Waals surface area contributed by atoms with E-state index in [1.165, 1.54) is 12.1 Å². The number of nitrogens with zero attached hydrogens (tertiary/aromatic N) is 1. The molecule has 1 atom stereocenters. The molecule has 2 aromatic carbocycles. The van der Waals surface area contributed by atoms with Crippen molar-refractivity contribution in [1.29, 1.82) is 5.26 Å². The van der Waals surface area contributed by atoms with E-state index in [2.05, 4.69) is 0 Å². The second-order valence-corrected chi connectivity index (χ2v) is 4.32. The number of hydrogen-bond acceptors (Lipinski definition) is 2. The van der Waals surface area contributed by atoms with Gasteiger partial charge >= 0.3 is 6.18 Å². The third-order valence-electron chi connectivity index (χ3n) is 2.96. The van der Waals surface area contributed by atoms with E-state index in [1.807, 2.05) is 6.07 Å². The van der Waals surface area contributed by atoms with Gasteiger partial charge in [-0.2, -0.15) is 18.4 Å². The van der Waals surface area contributed by atoms with Crippen LogP contribution in [0.3, 0.4) is 0 Å². The predicted octanol–water partition coefficient (Wildman–Crippen LogP) is 3.94.